The summed E-state index contributed by atoms with van der Waals surface area (Å²) in [7, 11) is 0.959. The van der Waals surface area contributed by atoms with E-state index >= 15 is 8.78 Å². The Morgan fingerprint density at radius 2 is 2.12 bits per heavy atom. The molecular weight excluding hydrogens is 431 g/mol. The van der Waals surface area contributed by atoms with Crippen LogP contribution in [-0.2, 0) is 16.0 Å². The summed E-state index contributed by atoms with van der Waals surface area (Å²) in [5, 5.41) is 12.1. The van der Waals surface area contributed by atoms with E-state index in [2.05, 4.69) is 15.7 Å². The number of amides is 1. The van der Waals surface area contributed by atoms with Gasteiger partial charge in [-0.3, -0.25) is 9.59 Å². The fourth-order valence-electron chi connectivity index (χ4n) is 3.84. The molecule has 2 aliphatic rings. The predicted octanol–water partition coefficient (Wildman–Crippen LogP) is 2.11. The standard InChI is InChI=1S/C20H22F3N5O4/c1-27-17(22)14-8-12(32-7-4-11-10-28-19(26-11)24-5-6-25-28)2-3-13(14)16(21)20(23,18(27)31)9-15(29)30/h2-3,8,10,16-17,25H,4-7,9H2,1H3,(H,24,26)(H,29,30). The second-order valence-electron chi connectivity index (χ2n) is 7.70. The minimum Gasteiger partial charge on any atom is -0.493 e. The van der Waals surface area contributed by atoms with E-state index in [9.17, 15) is 14.0 Å². The van der Waals surface area contributed by atoms with Crippen LogP contribution in [0, 0.1) is 0 Å². The number of ether oxygens (including phenoxy) is 1. The van der Waals surface area contributed by atoms with Crippen LogP contribution in [0.4, 0.5) is 19.1 Å². The predicted molar refractivity (Wildman–Crippen MR) is 107 cm³/mol. The third kappa shape index (κ3) is 3.80. The zero-order valence-corrected chi connectivity index (χ0v) is 17.1. The van der Waals surface area contributed by atoms with Crippen molar-refractivity contribution in [2.75, 3.05) is 37.5 Å². The van der Waals surface area contributed by atoms with E-state index in [1.54, 1.807) is 4.68 Å². The van der Waals surface area contributed by atoms with Crippen LogP contribution in [0.3, 0.4) is 0 Å². The van der Waals surface area contributed by atoms with Crippen molar-refractivity contribution in [3.8, 4) is 5.75 Å². The number of anilines is 1. The van der Waals surface area contributed by atoms with Crippen LogP contribution in [0.25, 0.3) is 0 Å². The van der Waals surface area contributed by atoms with Crippen LogP contribution in [0.2, 0.25) is 0 Å². The molecule has 3 N–H and O–H groups in total. The molecule has 3 atom stereocenters. The average Bonchev–Trinajstić information content (AvgIpc) is 3.17. The van der Waals surface area contributed by atoms with Crippen molar-refractivity contribution < 1.29 is 32.6 Å². The van der Waals surface area contributed by atoms with Crippen LogP contribution >= 0.6 is 0 Å². The molecular formula is C20H22F3N5O4. The number of rotatable bonds is 6. The zero-order valence-electron chi connectivity index (χ0n) is 17.1. The molecule has 3 heterocycles. The largest absolute Gasteiger partial charge is 0.493 e. The highest BCUT2D eigenvalue weighted by atomic mass is 19.2. The van der Waals surface area contributed by atoms with Crippen LogP contribution in [0.15, 0.2) is 24.4 Å². The second kappa shape index (κ2) is 8.24. The number of carbonyl (C=O) groups is 2. The smallest absolute Gasteiger partial charge is 0.307 e. The normalized spacial score (nSPS) is 24.6. The summed E-state index contributed by atoms with van der Waals surface area (Å²) in [4.78, 5) is 28.2. The minimum absolute atomic E-state index is 0.187. The second-order valence-corrected chi connectivity index (χ2v) is 7.70. The van der Waals surface area contributed by atoms with Gasteiger partial charge < -0.3 is 25.5 Å². The van der Waals surface area contributed by atoms with Gasteiger partial charge in [0.05, 0.1) is 24.9 Å². The van der Waals surface area contributed by atoms with Crippen LogP contribution < -0.4 is 15.5 Å². The van der Waals surface area contributed by atoms with E-state index in [1.165, 1.54) is 12.1 Å². The number of nitrogens with zero attached hydrogens (tertiary/aromatic N) is 3. The molecule has 0 aliphatic carbocycles. The molecule has 0 fully saturated rings. The van der Waals surface area contributed by atoms with Gasteiger partial charge in [-0.05, 0) is 17.7 Å². The molecule has 1 aromatic carbocycles. The van der Waals surface area contributed by atoms with E-state index in [4.69, 9.17) is 9.84 Å². The minimum atomic E-state index is -3.42. The Kier molecular flexibility index (Phi) is 5.61. The number of fused-ring (bicyclic) bond motifs is 2. The Morgan fingerprint density at radius 1 is 1.34 bits per heavy atom. The van der Waals surface area contributed by atoms with Crippen molar-refractivity contribution in [1.29, 1.82) is 0 Å². The monoisotopic (exact) mass is 453 g/mol. The highest BCUT2D eigenvalue weighted by Crippen LogP contribution is 2.46. The summed E-state index contributed by atoms with van der Waals surface area (Å²) < 4.78 is 52.6. The molecule has 2 aliphatic heterocycles. The van der Waals surface area contributed by atoms with Gasteiger partial charge in [-0.15, -0.1) is 0 Å². The van der Waals surface area contributed by atoms with Crippen molar-refractivity contribution in [2.24, 2.45) is 0 Å². The highest BCUT2D eigenvalue weighted by Gasteiger charge is 2.55. The summed E-state index contributed by atoms with van der Waals surface area (Å²) in [6.45, 7) is 1.70. The molecule has 3 unspecified atom stereocenters. The number of nitrogens with one attached hydrogen (secondary N) is 2. The molecule has 1 aromatic heterocycles. The first kappa shape index (κ1) is 21.8. The topological polar surface area (TPSA) is 109 Å². The number of benzene rings is 1. The summed E-state index contributed by atoms with van der Waals surface area (Å²) in [6, 6.07) is 3.65. The number of carboxylic acids is 1. The third-order valence-electron chi connectivity index (χ3n) is 5.49. The van der Waals surface area contributed by atoms with Gasteiger partial charge in [-0.1, -0.05) is 6.07 Å². The molecule has 9 nitrogen and oxygen atoms in total. The van der Waals surface area contributed by atoms with Crippen molar-refractivity contribution in [3.63, 3.8) is 0 Å². The Bertz CT molecular complexity index is 1020. The third-order valence-corrected chi connectivity index (χ3v) is 5.49. The lowest BCUT2D eigenvalue weighted by Gasteiger charge is -2.27. The lowest BCUT2D eigenvalue weighted by Crippen LogP contribution is -2.47. The van der Waals surface area contributed by atoms with E-state index in [1.807, 2.05) is 6.20 Å². The zero-order chi connectivity index (χ0) is 23.0. The van der Waals surface area contributed by atoms with Gasteiger partial charge in [0.1, 0.15) is 5.75 Å². The molecule has 0 bridgehead atoms. The van der Waals surface area contributed by atoms with Crippen LogP contribution in [0.5, 0.6) is 5.75 Å². The van der Waals surface area contributed by atoms with Crippen LogP contribution in [0.1, 0.15) is 35.7 Å². The molecule has 0 saturated carbocycles. The molecule has 172 valence electrons. The first-order valence-electron chi connectivity index (χ1n) is 9.99. The number of carboxylic acid groups (broad SMARTS) is 1. The fourth-order valence-corrected chi connectivity index (χ4v) is 3.84. The van der Waals surface area contributed by atoms with Gasteiger partial charge in [0, 0.05) is 32.1 Å². The molecule has 0 spiro atoms. The van der Waals surface area contributed by atoms with E-state index < -0.39 is 42.0 Å². The van der Waals surface area contributed by atoms with Crippen molar-refractivity contribution >= 4 is 17.8 Å². The van der Waals surface area contributed by atoms with Crippen LogP contribution in [-0.4, -0.2) is 64.0 Å². The molecule has 2 aromatic rings. The summed E-state index contributed by atoms with van der Waals surface area (Å²) >= 11 is 0. The van der Waals surface area contributed by atoms with E-state index in [-0.39, 0.29) is 17.9 Å². The maximum atomic E-state index is 15.2. The number of imidazole rings is 1. The van der Waals surface area contributed by atoms with Gasteiger partial charge in [-0.25, -0.2) is 22.8 Å². The number of aromatic nitrogens is 2. The number of halogens is 3. The van der Waals surface area contributed by atoms with Gasteiger partial charge in [0.25, 0.3) is 5.91 Å². The Balaban J connectivity index is 1.52. The molecule has 0 radical (unpaired) electrons. The average molecular weight is 453 g/mol. The van der Waals surface area contributed by atoms with Gasteiger partial charge >= 0.3 is 5.97 Å². The molecule has 12 heteroatoms. The van der Waals surface area contributed by atoms with Gasteiger partial charge in [0.2, 0.25) is 17.9 Å². The maximum Gasteiger partial charge on any atom is 0.307 e. The quantitative estimate of drug-likeness (QED) is 0.575. The summed E-state index contributed by atoms with van der Waals surface area (Å²) in [5.41, 5.74) is -0.237. The number of alkyl halides is 3. The lowest BCUT2D eigenvalue weighted by atomic mass is 9.89. The Morgan fingerprint density at radius 3 is 2.84 bits per heavy atom. The number of carbonyl (C=O) groups excluding carboxylic acids is 1. The number of hydrogen-bond acceptors (Lipinski definition) is 6. The summed E-state index contributed by atoms with van der Waals surface area (Å²) in [5.74, 6) is -2.38. The maximum absolute atomic E-state index is 15.2. The van der Waals surface area contributed by atoms with Crippen molar-refractivity contribution in [2.45, 2.75) is 31.0 Å². The summed E-state index contributed by atoms with van der Waals surface area (Å²) in [6.07, 6.45) is -3.97. The highest BCUT2D eigenvalue weighted by molar-refractivity contribution is 5.91. The first-order valence-corrected chi connectivity index (χ1v) is 9.99. The van der Waals surface area contributed by atoms with Gasteiger partial charge in [-0.2, -0.15) is 0 Å². The van der Waals surface area contributed by atoms with E-state index in [0.29, 0.717) is 17.3 Å². The number of aliphatic carboxylic acids is 1. The molecule has 0 saturated heterocycles. The lowest BCUT2D eigenvalue weighted by molar-refractivity contribution is -0.159. The first-order chi connectivity index (χ1) is 15.2. The molecule has 1 amide bonds. The Hall–Kier alpha value is -3.44. The van der Waals surface area contributed by atoms with Gasteiger partial charge in [0.15, 0.2) is 6.17 Å². The van der Waals surface area contributed by atoms with E-state index in [0.717, 1.165) is 31.9 Å². The van der Waals surface area contributed by atoms with Crippen molar-refractivity contribution in [1.82, 2.24) is 14.6 Å². The molecule has 4 rings (SSSR count). The number of hydrogen-bond donors (Lipinski definition) is 3. The van der Waals surface area contributed by atoms with Crippen molar-refractivity contribution in [3.05, 3.63) is 41.2 Å². The molecule has 32 heavy (non-hydrogen) atoms. The fraction of sp³-hybridized carbons (Fsp3) is 0.450. The Labute approximate surface area is 181 Å². The SMILES string of the molecule is CN1C(=O)C(F)(CC(=O)O)C(F)c2ccc(OCCc3cn4c(n3)NCCN4)cc2C1F.